The predicted molar refractivity (Wildman–Crippen MR) is 106 cm³/mol. The quantitative estimate of drug-likeness (QED) is 0.378. The Hall–Kier alpha value is -3.64. The van der Waals surface area contributed by atoms with Crippen molar-refractivity contribution in [2.45, 2.75) is 13.0 Å². The lowest BCUT2D eigenvalue weighted by Crippen LogP contribution is -2.33. The third-order valence-electron chi connectivity index (χ3n) is 4.10. The van der Waals surface area contributed by atoms with Crippen LogP contribution in [0.2, 0.25) is 0 Å². The number of benzene rings is 2. The zero-order valence-electron chi connectivity index (χ0n) is 16.1. The van der Waals surface area contributed by atoms with Crippen molar-refractivity contribution in [1.29, 1.82) is 0 Å². The number of nitrogens with one attached hydrogen (secondary N) is 1. The molecule has 0 aliphatic carbocycles. The largest absolute Gasteiger partial charge is 0.573 e. The molecule has 7 nitrogen and oxygen atoms in total. The summed E-state index contributed by atoms with van der Waals surface area (Å²) in [6, 6.07) is 10.9. The van der Waals surface area contributed by atoms with E-state index in [0.717, 1.165) is 18.2 Å². The minimum absolute atomic E-state index is 0.0293. The van der Waals surface area contributed by atoms with E-state index < -0.39 is 31.0 Å². The standard InChI is InChI=1S/C20H15BF4N2O5/c22-14-2-4-15(5-3-14)27-19(28)12-1-8-18(26-10-12)31-11-13-9-16(32-20(23,24)25)6-7-17(13)21(29)30/h1-10,29-30H,11H2,(H,27,28). The molecule has 0 aliphatic rings. The molecular weight excluding hydrogens is 435 g/mol. The maximum Gasteiger partial charge on any atom is 0.573 e. The summed E-state index contributed by atoms with van der Waals surface area (Å²) in [7, 11) is -1.95. The molecule has 0 spiro atoms. The minimum atomic E-state index is -4.91. The molecule has 0 atom stereocenters. The van der Waals surface area contributed by atoms with Crippen LogP contribution in [0.4, 0.5) is 23.2 Å². The molecule has 0 radical (unpaired) electrons. The number of aromatic nitrogens is 1. The molecule has 1 aromatic heterocycles. The van der Waals surface area contributed by atoms with E-state index in [4.69, 9.17) is 4.74 Å². The first-order valence-electron chi connectivity index (χ1n) is 9.01. The summed E-state index contributed by atoms with van der Waals surface area (Å²) in [4.78, 5) is 16.2. The second-order valence-corrected chi connectivity index (χ2v) is 6.42. The van der Waals surface area contributed by atoms with Crippen molar-refractivity contribution < 1.29 is 41.9 Å². The molecule has 0 fully saturated rings. The second kappa shape index (κ2) is 9.66. The Kier molecular flexibility index (Phi) is 6.96. The number of ether oxygens (including phenoxy) is 2. The number of carbonyl (C=O) groups excluding carboxylic acids is 1. The molecule has 3 N–H and O–H groups in total. The van der Waals surface area contributed by atoms with Crippen LogP contribution in [0.1, 0.15) is 15.9 Å². The van der Waals surface area contributed by atoms with E-state index in [1.165, 1.54) is 42.6 Å². The van der Waals surface area contributed by atoms with Gasteiger partial charge in [0.25, 0.3) is 5.91 Å². The van der Waals surface area contributed by atoms with E-state index in [2.05, 4.69) is 15.0 Å². The van der Waals surface area contributed by atoms with Gasteiger partial charge in [0.1, 0.15) is 18.2 Å². The number of nitrogens with zero attached hydrogens (tertiary/aromatic N) is 1. The van der Waals surface area contributed by atoms with Crippen molar-refractivity contribution in [3.8, 4) is 11.6 Å². The van der Waals surface area contributed by atoms with E-state index in [9.17, 15) is 32.4 Å². The number of hydrogen-bond acceptors (Lipinski definition) is 6. The Balaban J connectivity index is 1.67. The highest BCUT2D eigenvalue weighted by molar-refractivity contribution is 6.59. The molecule has 0 bridgehead atoms. The van der Waals surface area contributed by atoms with Crippen LogP contribution in [0.5, 0.6) is 11.6 Å². The van der Waals surface area contributed by atoms with Crippen molar-refractivity contribution in [3.63, 3.8) is 0 Å². The smallest absolute Gasteiger partial charge is 0.473 e. The first-order chi connectivity index (χ1) is 15.1. The fourth-order valence-electron chi connectivity index (χ4n) is 2.64. The zero-order chi connectivity index (χ0) is 23.3. The van der Waals surface area contributed by atoms with Gasteiger partial charge in [-0.1, -0.05) is 6.07 Å². The summed E-state index contributed by atoms with van der Waals surface area (Å²) >= 11 is 0. The van der Waals surface area contributed by atoms with Gasteiger partial charge in [-0.15, -0.1) is 13.2 Å². The van der Waals surface area contributed by atoms with Crippen LogP contribution < -0.4 is 20.3 Å². The predicted octanol–water partition coefficient (Wildman–Crippen LogP) is 2.63. The van der Waals surface area contributed by atoms with Crippen LogP contribution in [-0.4, -0.2) is 34.4 Å². The van der Waals surface area contributed by atoms with Gasteiger partial charge in [0.05, 0.1) is 5.56 Å². The van der Waals surface area contributed by atoms with Gasteiger partial charge < -0.3 is 24.8 Å². The summed E-state index contributed by atoms with van der Waals surface area (Å²) in [6.45, 7) is -0.351. The van der Waals surface area contributed by atoms with Crippen LogP contribution in [-0.2, 0) is 6.61 Å². The molecular formula is C20H15BF4N2O5. The zero-order valence-corrected chi connectivity index (χ0v) is 16.1. The Morgan fingerprint density at radius 2 is 1.78 bits per heavy atom. The van der Waals surface area contributed by atoms with Crippen molar-refractivity contribution in [1.82, 2.24) is 4.98 Å². The molecule has 1 amide bonds. The number of anilines is 1. The fourth-order valence-corrected chi connectivity index (χ4v) is 2.64. The highest BCUT2D eigenvalue weighted by Gasteiger charge is 2.31. The average molecular weight is 450 g/mol. The molecule has 3 rings (SSSR count). The molecule has 166 valence electrons. The Bertz CT molecular complexity index is 1080. The van der Waals surface area contributed by atoms with Crippen LogP contribution >= 0.6 is 0 Å². The summed E-state index contributed by atoms with van der Waals surface area (Å²) < 4.78 is 59.4. The minimum Gasteiger partial charge on any atom is -0.473 e. The lowest BCUT2D eigenvalue weighted by molar-refractivity contribution is -0.274. The van der Waals surface area contributed by atoms with Gasteiger partial charge in [-0.3, -0.25) is 4.79 Å². The summed E-state index contributed by atoms with van der Waals surface area (Å²) in [5.41, 5.74) is 0.512. The molecule has 12 heteroatoms. The topological polar surface area (TPSA) is 101 Å². The van der Waals surface area contributed by atoms with E-state index in [1.54, 1.807) is 0 Å². The maximum absolute atomic E-state index is 12.9. The first kappa shape index (κ1) is 23.0. The maximum atomic E-state index is 12.9. The van der Waals surface area contributed by atoms with Gasteiger partial charge in [0.2, 0.25) is 5.88 Å². The van der Waals surface area contributed by atoms with E-state index >= 15 is 0 Å². The lowest BCUT2D eigenvalue weighted by Gasteiger charge is -2.14. The summed E-state index contributed by atoms with van der Waals surface area (Å²) in [6.07, 6.45) is -3.71. The number of rotatable bonds is 7. The molecule has 2 aromatic carbocycles. The van der Waals surface area contributed by atoms with Crippen molar-refractivity contribution in [2.24, 2.45) is 0 Å². The molecule has 0 saturated heterocycles. The Morgan fingerprint density at radius 3 is 2.38 bits per heavy atom. The van der Waals surface area contributed by atoms with Gasteiger partial charge in [-0.05, 0) is 53.5 Å². The summed E-state index contributed by atoms with van der Waals surface area (Å²) in [5, 5.41) is 21.4. The number of alkyl halides is 3. The van der Waals surface area contributed by atoms with Crippen molar-refractivity contribution in [2.75, 3.05) is 5.32 Å². The number of hydrogen-bond donors (Lipinski definition) is 3. The number of amides is 1. The lowest BCUT2D eigenvalue weighted by atomic mass is 9.77. The molecule has 0 unspecified atom stereocenters. The van der Waals surface area contributed by atoms with Gasteiger partial charge in [0, 0.05) is 18.0 Å². The fraction of sp³-hybridized carbons (Fsp3) is 0.100. The molecule has 3 aromatic rings. The van der Waals surface area contributed by atoms with Crippen LogP contribution in [0.3, 0.4) is 0 Å². The number of carbonyl (C=O) groups is 1. The monoisotopic (exact) mass is 450 g/mol. The van der Waals surface area contributed by atoms with Gasteiger partial charge >= 0.3 is 13.5 Å². The first-order valence-corrected chi connectivity index (χ1v) is 9.01. The van der Waals surface area contributed by atoms with Crippen molar-refractivity contribution >= 4 is 24.2 Å². The van der Waals surface area contributed by atoms with Crippen molar-refractivity contribution in [3.05, 3.63) is 77.7 Å². The number of pyridine rings is 1. The average Bonchev–Trinajstić information content (AvgIpc) is 2.73. The van der Waals surface area contributed by atoms with E-state index in [0.29, 0.717) is 5.69 Å². The van der Waals surface area contributed by atoms with E-state index in [1.807, 2.05) is 0 Å². The van der Waals surface area contributed by atoms with Crippen LogP contribution in [0.15, 0.2) is 60.8 Å². The Labute approximate surface area is 179 Å². The summed E-state index contributed by atoms with van der Waals surface area (Å²) in [5.74, 6) is -1.47. The third-order valence-corrected chi connectivity index (χ3v) is 4.10. The van der Waals surface area contributed by atoms with E-state index in [-0.39, 0.29) is 29.1 Å². The second-order valence-electron chi connectivity index (χ2n) is 6.42. The van der Waals surface area contributed by atoms with Gasteiger partial charge in [-0.2, -0.15) is 0 Å². The third kappa shape index (κ3) is 6.43. The molecule has 1 heterocycles. The SMILES string of the molecule is O=C(Nc1ccc(F)cc1)c1ccc(OCc2cc(OC(F)(F)F)ccc2B(O)O)nc1. The van der Waals surface area contributed by atoms with Gasteiger partial charge in [0.15, 0.2) is 0 Å². The Morgan fingerprint density at radius 1 is 1.06 bits per heavy atom. The highest BCUT2D eigenvalue weighted by atomic mass is 19.4. The molecule has 0 saturated carbocycles. The van der Waals surface area contributed by atoms with Gasteiger partial charge in [-0.25, -0.2) is 9.37 Å². The molecule has 0 aliphatic heterocycles. The number of halogens is 4. The normalized spacial score (nSPS) is 11.1. The van der Waals surface area contributed by atoms with Crippen LogP contribution in [0.25, 0.3) is 0 Å². The highest BCUT2D eigenvalue weighted by Crippen LogP contribution is 2.23. The van der Waals surface area contributed by atoms with Crippen LogP contribution in [0, 0.1) is 5.82 Å². The molecule has 32 heavy (non-hydrogen) atoms.